The third-order valence-corrected chi connectivity index (χ3v) is 4.91. The number of fused-ring (bicyclic) bond motifs is 1. The first-order chi connectivity index (χ1) is 12.0. The van der Waals surface area contributed by atoms with Crippen LogP contribution in [0.25, 0.3) is 10.9 Å². The van der Waals surface area contributed by atoms with Crippen molar-refractivity contribution in [3.05, 3.63) is 45.7 Å². The first kappa shape index (κ1) is 17.7. The predicted molar refractivity (Wildman–Crippen MR) is 99.1 cm³/mol. The molecule has 1 atom stereocenters. The van der Waals surface area contributed by atoms with E-state index in [1.54, 1.807) is 13.1 Å². The van der Waals surface area contributed by atoms with Crippen LogP contribution in [0.2, 0.25) is 0 Å². The first-order valence-electron chi connectivity index (χ1n) is 8.99. The number of carbonyl (C=O) groups excluding carboxylic acids is 1. The molecule has 5 nitrogen and oxygen atoms in total. The molecule has 134 valence electrons. The molecule has 1 saturated heterocycles. The number of benzene rings is 1. The van der Waals surface area contributed by atoms with Gasteiger partial charge in [-0.1, -0.05) is 11.6 Å². The van der Waals surface area contributed by atoms with Crippen LogP contribution in [0.5, 0.6) is 0 Å². The molecule has 1 fully saturated rings. The second-order valence-electron chi connectivity index (χ2n) is 7.04. The predicted octanol–water partition coefficient (Wildman–Crippen LogP) is 2.83. The smallest absolute Gasteiger partial charge is 0.343 e. The summed E-state index contributed by atoms with van der Waals surface area (Å²) in [6.07, 6.45) is 4.04. The first-order valence-corrected chi connectivity index (χ1v) is 8.99. The van der Waals surface area contributed by atoms with Crippen LogP contribution in [-0.2, 0) is 11.3 Å². The maximum absolute atomic E-state index is 12.8. The zero-order valence-electron chi connectivity index (χ0n) is 15.2. The van der Waals surface area contributed by atoms with E-state index in [0.29, 0.717) is 11.3 Å². The molecule has 5 heteroatoms. The largest absolute Gasteiger partial charge is 0.462 e. The van der Waals surface area contributed by atoms with Crippen molar-refractivity contribution in [2.75, 3.05) is 26.7 Å². The zero-order chi connectivity index (χ0) is 18.0. The van der Waals surface area contributed by atoms with Crippen LogP contribution in [-0.4, -0.2) is 42.2 Å². The molecule has 2 heterocycles. The minimum atomic E-state index is -0.537. The number of rotatable bonds is 4. The Morgan fingerprint density at radius 1 is 1.36 bits per heavy atom. The number of aromatic nitrogens is 1. The van der Waals surface area contributed by atoms with E-state index < -0.39 is 5.97 Å². The van der Waals surface area contributed by atoms with Gasteiger partial charge in [0.2, 0.25) is 5.43 Å². The maximum Gasteiger partial charge on any atom is 0.343 e. The van der Waals surface area contributed by atoms with Gasteiger partial charge in [0.05, 0.1) is 12.1 Å². The Morgan fingerprint density at radius 3 is 2.88 bits per heavy atom. The van der Waals surface area contributed by atoms with Gasteiger partial charge in [0.25, 0.3) is 0 Å². The highest BCUT2D eigenvalue weighted by Crippen LogP contribution is 2.21. The Kier molecular flexibility index (Phi) is 5.23. The lowest BCUT2D eigenvalue weighted by Crippen LogP contribution is -2.34. The fourth-order valence-electron chi connectivity index (χ4n) is 3.72. The molecule has 1 unspecified atom stereocenters. The highest BCUT2D eigenvalue weighted by Gasteiger charge is 2.21. The van der Waals surface area contributed by atoms with Crippen molar-refractivity contribution >= 4 is 16.9 Å². The van der Waals surface area contributed by atoms with Crippen LogP contribution in [0.3, 0.4) is 0 Å². The zero-order valence-corrected chi connectivity index (χ0v) is 15.2. The van der Waals surface area contributed by atoms with Gasteiger partial charge in [-0.15, -0.1) is 0 Å². The number of hydrogen-bond donors (Lipinski definition) is 0. The van der Waals surface area contributed by atoms with Crippen molar-refractivity contribution in [2.45, 2.75) is 33.2 Å². The molecule has 1 aliphatic rings. The summed E-state index contributed by atoms with van der Waals surface area (Å²) in [7, 11) is 2.14. The van der Waals surface area contributed by atoms with Crippen LogP contribution in [0.15, 0.2) is 29.2 Å². The van der Waals surface area contributed by atoms with Gasteiger partial charge < -0.3 is 14.2 Å². The van der Waals surface area contributed by atoms with Gasteiger partial charge in [-0.3, -0.25) is 4.79 Å². The molecule has 0 N–H and O–H groups in total. The summed E-state index contributed by atoms with van der Waals surface area (Å²) in [6, 6.07) is 5.85. The number of pyridine rings is 1. The van der Waals surface area contributed by atoms with E-state index in [2.05, 4.69) is 16.5 Å². The number of carbonyl (C=O) groups is 1. The topological polar surface area (TPSA) is 51.5 Å². The second kappa shape index (κ2) is 7.40. The summed E-state index contributed by atoms with van der Waals surface area (Å²) in [4.78, 5) is 27.4. The van der Waals surface area contributed by atoms with Crippen molar-refractivity contribution in [2.24, 2.45) is 5.92 Å². The highest BCUT2D eigenvalue weighted by atomic mass is 16.5. The summed E-state index contributed by atoms with van der Waals surface area (Å²) < 4.78 is 7.15. The molecule has 25 heavy (non-hydrogen) atoms. The third-order valence-electron chi connectivity index (χ3n) is 4.91. The molecule has 0 radical (unpaired) electrons. The standard InChI is InChI=1S/C20H26N2O3/c1-4-25-20(24)17-13-22(12-15-6-5-9-21(3)11-15)18-8-7-14(2)10-16(18)19(17)23/h7-8,10,13,15H,4-6,9,11-12H2,1-3H3. The SMILES string of the molecule is CCOC(=O)c1cn(CC2CCCN(C)C2)c2ccc(C)cc2c1=O. The molecule has 3 rings (SSSR count). The van der Waals surface area contributed by atoms with Crippen LogP contribution in [0, 0.1) is 12.8 Å². The van der Waals surface area contributed by atoms with Gasteiger partial charge in [-0.05, 0) is 58.3 Å². The number of piperidine rings is 1. The average Bonchev–Trinajstić information content (AvgIpc) is 2.57. The number of ether oxygens (including phenoxy) is 1. The lowest BCUT2D eigenvalue weighted by atomic mass is 9.98. The minimum absolute atomic E-state index is 0.129. The molecule has 0 aliphatic carbocycles. The lowest BCUT2D eigenvalue weighted by Gasteiger charge is -2.30. The number of aryl methyl sites for hydroxylation is 1. The van der Waals surface area contributed by atoms with Gasteiger partial charge in [0, 0.05) is 24.7 Å². The summed E-state index contributed by atoms with van der Waals surface area (Å²) in [5.41, 5.74) is 1.78. The van der Waals surface area contributed by atoms with E-state index >= 15 is 0 Å². The fourth-order valence-corrected chi connectivity index (χ4v) is 3.72. The Morgan fingerprint density at radius 2 is 2.16 bits per heavy atom. The molecule has 1 aromatic heterocycles. The van der Waals surface area contributed by atoms with E-state index in [1.807, 2.05) is 25.1 Å². The summed E-state index contributed by atoms with van der Waals surface area (Å²) in [5.74, 6) is -0.0220. The molecule has 0 amide bonds. The Bertz CT molecular complexity index is 841. The molecular formula is C20H26N2O3. The molecule has 2 aromatic rings. The van der Waals surface area contributed by atoms with E-state index in [4.69, 9.17) is 4.74 Å². The van der Waals surface area contributed by atoms with Gasteiger partial charge in [0.15, 0.2) is 0 Å². The fraction of sp³-hybridized carbons (Fsp3) is 0.500. The molecule has 0 spiro atoms. The van der Waals surface area contributed by atoms with E-state index in [-0.39, 0.29) is 17.6 Å². The van der Waals surface area contributed by atoms with Crippen molar-refractivity contribution in [1.29, 1.82) is 0 Å². The highest BCUT2D eigenvalue weighted by molar-refractivity contribution is 5.93. The third kappa shape index (κ3) is 3.76. The van der Waals surface area contributed by atoms with Crippen LogP contribution < -0.4 is 5.43 Å². The van der Waals surface area contributed by atoms with E-state index in [1.165, 1.54) is 12.8 Å². The van der Waals surface area contributed by atoms with E-state index in [9.17, 15) is 9.59 Å². The Labute approximate surface area is 148 Å². The number of nitrogens with zero attached hydrogens (tertiary/aromatic N) is 2. The Balaban J connectivity index is 2.07. The van der Waals surface area contributed by atoms with Gasteiger partial charge in [-0.2, -0.15) is 0 Å². The lowest BCUT2D eigenvalue weighted by molar-refractivity contribution is 0.0524. The number of esters is 1. The van der Waals surface area contributed by atoms with Crippen molar-refractivity contribution in [3.63, 3.8) is 0 Å². The Hall–Kier alpha value is -2.14. The monoisotopic (exact) mass is 342 g/mol. The summed E-state index contributed by atoms with van der Waals surface area (Å²) in [5, 5.41) is 0.592. The molecule has 0 bridgehead atoms. The van der Waals surface area contributed by atoms with Crippen LogP contribution in [0.1, 0.15) is 35.7 Å². The summed E-state index contributed by atoms with van der Waals surface area (Å²) in [6.45, 7) is 6.94. The molecule has 1 aliphatic heterocycles. The van der Waals surface area contributed by atoms with E-state index in [0.717, 1.165) is 30.7 Å². The quantitative estimate of drug-likeness (QED) is 0.802. The van der Waals surface area contributed by atoms with Gasteiger partial charge >= 0.3 is 5.97 Å². The molecular weight excluding hydrogens is 316 g/mol. The minimum Gasteiger partial charge on any atom is -0.462 e. The normalized spacial score (nSPS) is 18.4. The number of likely N-dealkylation sites (tertiary alicyclic amines) is 1. The van der Waals surface area contributed by atoms with Crippen LogP contribution in [0.4, 0.5) is 0 Å². The molecule has 1 aromatic carbocycles. The van der Waals surface area contributed by atoms with Crippen LogP contribution >= 0.6 is 0 Å². The molecule has 0 saturated carbocycles. The number of hydrogen-bond acceptors (Lipinski definition) is 4. The summed E-state index contributed by atoms with van der Waals surface area (Å²) >= 11 is 0. The van der Waals surface area contributed by atoms with Crippen molar-refractivity contribution < 1.29 is 9.53 Å². The van der Waals surface area contributed by atoms with Crippen molar-refractivity contribution in [3.8, 4) is 0 Å². The van der Waals surface area contributed by atoms with Gasteiger partial charge in [-0.25, -0.2) is 4.79 Å². The van der Waals surface area contributed by atoms with Gasteiger partial charge in [0.1, 0.15) is 5.56 Å². The second-order valence-corrected chi connectivity index (χ2v) is 7.04. The van der Waals surface area contributed by atoms with Crippen molar-refractivity contribution in [1.82, 2.24) is 9.47 Å². The maximum atomic E-state index is 12.8. The average molecular weight is 342 g/mol.